The van der Waals surface area contributed by atoms with Gasteiger partial charge in [0.05, 0.1) is 6.54 Å². The molecule has 0 unspecified atom stereocenters. The Labute approximate surface area is 126 Å². The molecule has 2 aromatic rings. The monoisotopic (exact) mass is 279 g/mol. The van der Waals surface area contributed by atoms with Gasteiger partial charge in [-0.1, -0.05) is 60.7 Å². The molecule has 21 heavy (non-hydrogen) atoms. The van der Waals surface area contributed by atoms with E-state index in [1.807, 2.05) is 6.07 Å². The smallest absolute Gasteiger partial charge is 0.113 e. The topological polar surface area (TPSA) is 12.5 Å². The summed E-state index contributed by atoms with van der Waals surface area (Å²) >= 11 is 0. The van der Waals surface area contributed by atoms with Crippen molar-refractivity contribution in [2.75, 3.05) is 13.1 Å². The minimum Gasteiger partial charge on any atom is -0.492 e. The molecule has 2 nitrogen and oxygen atoms in total. The van der Waals surface area contributed by atoms with Crippen LogP contribution >= 0.6 is 0 Å². The third-order valence-corrected chi connectivity index (χ3v) is 3.71. The Morgan fingerprint density at radius 3 is 2.24 bits per heavy atom. The van der Waals surface area contributed by atoms with Crippen LogP contribution in [0, 0.1) is 0 Å². The zero-order valence-electron chi connectivity index (χ0n) is 12.2. The van der Waals surface area contributed by atoms with Crippen LogP contribution in [0.15, 0.2) is 72.5 Å². The van der Waals surface area contributed by atoms with Crippen molar-refractivity contribution >= 4 is 0 Å². The molecular weight excluding hydrogens is 258 g/mol. The van der Waals surface area contributed by atoms with Gasteiger partial charge in [0.15, 0.2) is 0 Å². The summed E-state index contributed by atoms with van der Waals surface area (Å²) in [5.41, 5.74) is 2.58. The molecule has 0 spiro atoms. The molecule has 1 heterocycles. The lowest BCUT2D eigenvalue weighted by Crippen LogP contribution is -2.30. The average molecular weight is 279 g/mol. The standard InChI is InChI=1S/C19H21NO/c1-3-8-17(9-4-1)14-20-13-7-12-19(15-20)21-16-18-10-5-2-6-11-18/h1-6,8-12H,7,13-16H2. The summed E-state index contributed by atoms with van der Waals surface area (Å²) in [5.74, 6) is 1.10. The fourth-order valence-corrected chi connectivity index (χ4v) is 2.60. The highest BCUT2D eigenvalue weighted by Crippen LogP contribution is 2.15. The normalized spacial score (nSPS) is 15.5. The lowest BCUT2D eigenvalue weighted by molar-refractivity contribution is 0.145. The van der Waals surface area contributed by atoms with Crippen LogP contribution in [0.2, 0.25) is 0 Å². The SMILES string of the molecule is C1=C(OCc2ccccc2)CN(Cc2ccccc2)CC1. The first-order valence-corrected chi connectivity index (χ1v) is 7.52. The van der Waals surface area contributed by atoms with Crippen LogP contribution in [-0.4, -0.2) is 18.0 Å². The summed E-state index contributed by atoms with van der Waals surface area (Å²) in [5, 5.41) is 0. The van der Waals surface area contributed by atoms with Gasteiger partial charge in [-0.2, -0.15) is 0 Å². The van der Waals surface area contributed by atoms with E-state index in [2.05, 4.69) is 65.6 Å². The number of nitrogens with zero attached hydrogens (tertiary/aromatic N) is 1. The third kappa shape index (κ3) is 4.20. The Kier molecular flexibility index (Phi) is 4.70. The highest BCUT2D eigenvalue weighted by Gasteiger charge is 2.13. The quantitative estimate of drug-likeness (QED) is 0.820. The Morgan fingerprint density at radius 2 is 1.52 bits per heavy atom. The van der Waals surface area contributed by atoms with E-state index in [9.17, 15) is 0 Å². The van der Waals surface area contributed by atoms with Crippen molar-refractivity contribution in [2.24, 2.45) is 0 Å². The van der Waals surface area contributed by atoms with Gasteiger partial charge in [-0.3, -0.25) is 4.90 Å². The molecule has 0 saturated carbocycles. The number of benzene rings is 2. The number of hydrogen-bond acceptors (Lipinski definition) is 2. The first kappa shape index (κ1) is 13.9. The first-order valence-electron chi connectivity index (χ1n) is 7.52. The van der Waals surface area contributed by atoms with Gasteiger partial charge in [-0.15, -0.1) is 0 Å². The van der Waals surface area contributed by atoms with E-state index in [1.165, 1.54) is 11.1 Å². The molecule has 0 fully saturated rings. The lowest BCUT2D eigenvalue weighted by atomic mass is 10.1. The average Bonchev–Trinajstić information content (AvgIpc) is 2.55. The molecular formula is C19H21NO. The van der Waals surface area contributed by atoms with Crippen molar-refractivity contribution in [2.45, 2.75) is 19.6 Å². The maximum Gasteiger partial charge on any atom is 0.113 e. The summed E-state index contributed by atoms with van der Waals surface area (Å²) in [6.07, 6.45) is 3.29. The summed E-state index contributed by atoms with van der Waals surface area (Å²) in [4.78, 5) is 2.44. The zero-order valence-corrected chi connectivity index (χ0v) is 12.2. The molecule has 2 heteroatoms. The van der Waals surface area contributed by atoms with Gasteiger partial charge >= 0.3 is 0 Å². The second kappa shape index (κ2) is 7.09. The molecule has 3 rings (SSSR count). The summed E-state index contributed by atoms with van der Waals surface area (Å²) in [6.45, 7) is 3.66. The second-order valence-corrected chi connectivity index (χ2v) is 5.43. The number of ether oxygens (including phenoxy) is 1. The van der Waals surface area contributed by atoms with Gasteiger partial charge in [-0.05, 0) is 23.6 Å². The summed E-state index contributed by atoms with van der Waals surface area (Å²) in [7, 11) is 0. The van der Waals surface area contributed by atoms with E-state index < -0.39 is 0 Å². The molecule has 0 aromatic heterocycles. The van der Waals surface area contributed by atoms with Crippen LogP contribution in [-0.2, 0) is 17.9 Å². The summed E-state index contributed by atoms with van der Waals surface area (Å²) < 4.78 is 5.96. The van der Waals surface area contributed by atoms with Crippen LogP contribution in [0.25, 0.3) is 0 Å². The predicted octanol–water partition coefficient (Wildman–Crippen LogP) is 3.99. The number of hydrogen-bond donors (Lipinski definition) is 0. The van der Waals surface area contributed by atoms with Crippen molar-refractivity contribution in [3.05, 3.63) is 83.6 Å². The van der Waals surface area contributed by atoms with Gasteiger partial charge in [0, 0.05) is 13.1 Å². The van der Waals surface area contributed by atoms with Crippen molar-refractivity contribution in [3.63, 3.8) is 0 Å². The number of rotatable bonds is 5. The van der Waals surface area contributed by atoms with Gasteiger partial charge in [-0.25, -0.2) is 0 Å². The minimum absolute atomic E-state index is 0.659. The van der Waals surface area contributed by atoms with Gasteiger partial charge in [0.2, 0.25) is 0 Å². The van der Waals surface area contributed by atoms with Gasteiger partial charge in [0.25, 0.3) is 0 Å². The Balaban J connectivity index is 1.52. The highest BCUT2D eigenvalue weighted by atomic mass is 16.5. The van der Waals surface area contributed by atoms with E-state index in [4.69, 9.17) is 4.74 Å². The van der Waals surface area contributed by atoms with Crippen LogP contribution < -0.4 is 0 Å². The third-order valence-electron chi connectivity index (χ3n) is 3.71. The lowest BCUT2D eigenvalue weighted by Gasteiger charge is -2.27. The fraction of sp³-hybridized carbons (Fsp3) is 0.263. The molecule has 0 atom stereocenters. The van der Waals surface area contributed by atoms with Crippen LogP contribution in [0.5, 0.6) is 0 Å². The molecule has 1 aliphatic heterocycles. The van der Waals surface area contributed by atoms with E-state index in [-0.39, 0.29) is 0 Å². The molecule has 0 bridgehead atoms. The predicted molar refractivity (Wildman–Crippen MR) is 85.7 cm³/mol. The van der Waals surface area contributed by atoms with Gasteiger partial charge < -0.3 is 4.74 Å². The Hall–Kier alpha value is -2.06. The van der Waals surface area contributed by atoms with Crippen LogP contribution in [0.1, 0.15) is 17.5 Å². The van der Waals surface area contributed by atoms with Crippen LogP contribution in [0.4, 0.5) is 0 Å². The van der Waals surface area contributed by atoms with Crippen molar-refractivity contribution < 1.29 is 4.74 Å². The van der Waals surface area contributed by atoms with Gasteiger partial charge in [0.1, 0.15) is 12.4 Å². The summed E-state index contributed by atoms with van der Waals surface area (Å²) in [6, 6.07) is 21.0. The minimum atomic E-state index is 0.659. The van der Waals surface area contributed by atoms with Crippen molar-refractivity contribution in [1.82, 2.24) is 4.90 Å². The Bertz CT molecular complexity index is 577. The van der Waals surface area contributed by atoms with Crippen molar-refractivity contribution in [1.29, 1.82) is 0 Å². The molecule has 0 aliphatic carbocycles. The maximum absolute atomic E-state index is 5.96. The maximum atomic E-state index is 5.96. The first-order chi connectivity index (χ1) is 10.4. The largest absolute Gasteiger partial charge is 0.492 e. The van der Waals surface area contributed by atoms with E-state index in [1.54, 1.807) is 0 Å². The second-order valence-electron chi connectivity index (χ2n) is 5.43. The highest BCUT2D eigenvalue weighted by molar-refractivity contribution is 5.16. The van der Waals surface area contributed by atoms with E-state index >= 15 is 0 Å². The zero-order chi connectivity index (χ0) is 14.3. The molecule has 2 aromatic carbocycles. The molecule has 0 N–H and O–H groups in total. The molecule has 0 saturated heterocycles. The van der Waals surface area contributed by atoms with Crippen molar-refractivity contribution in [3.8, 4) is 0 Å². The molecule has 108 valence electrons. The molecule has 1 aliphatic rings. The van der Waals surface area contributed by atoms with E-state index in [0.717, 1.165) is 31.8 Å². The molecule has 0 radical (unpaired) electrons. The van der Waals surface area contributed by atoms with E-state index in [0.29, 0.717) is 6.61 Å². The van der Waals surface area contributed by atoms with Crippen LogP contribution in [0.3, 0.4) is 0 Å². The fourth-order valence-electron chi connectivity index (χ4n) is 2.60. The molecule has 0 amide bonds. The Morgan fingerprint density at radius 1 is 0.857 bits per heavy atom.